The Balaban J connectivity index is 2.36. The van der Waals surface area contributed by atoms with Gasteiger partial charge in [0.1, 0.15) is 0 Å². The van der Waals surface area contributed by atoms with Gasteiger partial charge in [-0.25, -0.2) is 0 Å². The average Bonchev–Trinajstić information content (AvgIpc) is 2.38. The molecule has 0 aliphatic carbocycles. The summed E-state index contributed by atoms with van der Waals surface area (Å²) >= 11 is 5.94. The Morgan fingerprint density at radius 1 is 1.28 bits per heavy atom. The van der Waals surface area contributed by atoms with E-state index in [0.29, 0.717) is 22.0 Å². The number of carbonyl (C=O) groups is 1. The average molecular weight is 263 g/mol. The standard InChI is InChI=1S/C12H11ClN4O/c1-17(11-3-5-16-7-10(11)14)12(18)8-2-4-15-6-9(8)13/h2-7H,14H2,1H3. The highest BCUT2D eigenvalue weighted by atomic mass is 35.5. The topological polar surface area (TPSA) is 72.1 Å². The van der Waals surface area contributed by atoms with Gasteiger partial charge in [-0.15, -0.1) is 0 Å². The number of halogens is 1. The van der Waals surface area contributed by atoms with E-state index in [1.807, 2.05) is 0 Å². The smallest absolute Gasteiger partial charge is 0.259 e. The van der Waals surface area contributed by atoms with Crippen molar-refractivity contribution in [3.05, 3.63) is 47.5 Å². The third-order valence-electron chi connectivity index (χ3n) is 2.50. The van der Waals surface area contributed by atoms with Crippen molar-refractivity contribution >= 4 is 28.9 Å². The molecule has 0 spiro atoms. The van der Waals surface area contributed by atoms with Gasteiger partial charge in [-0.05, 0) is 12.1 Å². The van der Waals surface area contributed by atoms with Crippen LogP contribution in [0.2, 0.25) is 5.02 Å². The third kappa shape index (κ3) is 2.26. The predicted octanol–water partition coefficient (Wildman–Crippen LogP) is 1.99. The van der Waals surface area contributed by atoms with Crippen molar-refractivity contribution in [2.75, 3.05) is 17.7 Å². The van der Waals surface area contributed by atoms with Crippen molar-refractivity contribution in [2.45, 2.75) is 0 Å². The highest BCUT2D eigenvalue weighted by Crippen LogP contribution is 2.23. The Labute approximate surface area is 109 Å². The second-order valence-corrected chi connectivity index (χ2v) is 4.06. The van der Waals surface area contributed by atoms with Gasteiger partial charge in [0.25, 0.3) is 5.91 Å². The number of anilines is 2. The number of carbonyl (C=O) groups excluding carboxylic acids is 1. The number of rotatable bonds is 2. The summed E-state index contributed by atoms with van der Waals surface area (Å²) in [6, 6.07) is 3.24. The molecule has 2 heterocycles. The molecule has 0 bridgehead atoms. The highest BCUT2D eigenvalue weighted by molar-refractivity contribution is 6.34. The number of pyridine rings is 2. The molecular formula is C12H11ClN4O. The number of nitrogens with zero attached hydrogens (tertiary/aromatic N) is 3. The van der Waals surface area contributed by atoms with Gasteiger partial charge in [-0.3, -0.25) is 14.8 Å². The largest absolute Gasteiger partial charge is 0.396 e. The molecule has 1 amide bonds. The minimum Gasteiger partial charge on any atom is -0.396 e. The van der Waals surface area contributed by atoms with Gasteiger partial charge in [0.2, 0.25) is 0 Å². The summed E-state index contributed by atoms with van der Waals surface area (Å²) in [5.74, 6) is -0.250. The first-order valence-electron chi connectivity index (χ1n) is 5.18. The maximum Gasteiger partial charge on any atom is 0.259 e. The van der Waals surface area contributed by atoms with Gasteiger partial charge in [0.15, 0.2) is 0 Å². The molecule has 92 valence electrons. The lowest BCUT2D eigenvalue weighted by molar-refractivity contribution is 0.0993. The van der Waals surface area contributed by atoms with Crippen LogP contribution in [-0.4, -0.2) is 22.9 Å². The summed E-state index contributed by atoms with van der Waals surface area (Å²) in [6.45, 7) is 0. The third-order valence-corrected chi connectivity index (χ3v) is 2.80. The number of nitrogens with two attached hydrogens (primary N) is 1. The Kier molecular flexibility index (Phi) is 3.43. The van der Waals surface area contributed by atoms with Crippen LogP contribution in [0.25, 0.3) is 0 Å². The van der Waals surface area contributed by atoms with Gasteiger partial charge in [0.05, 0.1) is 28.2 Å². The zero-order valence-electron chi connectivity index (χ0n) is 9.67. The molecule has 0 radical (unpaired) electrons. The van der Waals surface area contributed by atoms with E-state index >= 15 is 0 Å². The molecule has 5 nitrogen and oxygen atoms in total. The molecule has 2 rings (SSSR count). The molecule has 2 aromatic heterocycles. The minimum atomic E-state index is -0.250. The van der Waals surface area contributed by atoms with Gasteiger partial charge in [-0.2, -0.15) is 0 Å². The van der Waals surface area contributed by atoms with Crippen LogP contribution >= 0.6 is 11.6 Å². The Morgan fingerprint density at radius 3 is 2.61 bits per heavy atom. The summed E-state index contributed by atoms with van der Waals surface area (Å²) < 4.78 is 0. The van der Waals surface area contributed by atoms with Gasteiger partial charge < -0.3 is 10.6 Å². The molecule has 0 aromatic carbocycles. The van der Waals surface area contributed by atoms with Crippen LogP contribution in [0, 0.1) is 0 Å². The van der Waals surface area contributed by atoms with E-state index < -0.39 is 0 Å². The predicted molar refractivity (Wildman–Crippen MR) is 70.6 cm³/mol. The molecule has 0 aliphatic rings. The summed E-state index contributed by atoms with van der Waals surface area (Å²) in [5.41, 5.74) is 7.17. The van der Waals surface area contributed by atoms with E-state index in [1.54, 1.807) is 25.4 Å². The SMILES string of the molecule is CN(C(=O)c1ccncc1Cl)c1ccncc1N. The van der Waals surface area contributed by atoms with Gasteiger partial charge >= 0.3 is 0 Å². The maximum absolute atomic E-state index is 12.3. The molecule has 0 fully saturated rings. The number of amides is 1. The Morgan fingerprint density at radius 2 is 1.94 bits per heavy atom. The van der Waals surface area contributed by atoms with Crippen molar-refractivity contribution < 1.29 is 4.79 Å². The number of hydrogen-bond acceptors (Lipinski definition) is 4. The second-order valence-electron chi connectivity index (χ2n) is 3.65. The van der Waals surface area contributed by atoms with E-state index in [1.165, 1.54) is 23.5 Å². The molecular weight excluding hydrogens is 252 g/mol. The van der Waals surface area contributed by atoms with Crippen molar-refractivity contribution in [3.63, 3.8) is 0 Å². The highest BCUT2D eigenvalue weighted by Gasteiger charge is 2.17. The van der Waals surface area contributed by atoms with Crippen LogP contribution in [-0.2, 0) is 0 Å². The molecule has 2 N–H and O–H groups in total. The molecule has 6 heteroatoms. The number of nitrogen functional groups attached to an aromatic ring is 1. The van der Waals surface area contributed by atoms with E-state index in [9.17, 15) is 4.79 Å². The van der Waals surface area contributed by atoms with Crippen LogP contribution in [0.5, 0.6) is 0 Å². The van der Waals surface area contributed by atoms with Crippen LogP contribution in [0.3, 0.4) is 0 Å². The van der Waals surface area contributed by atoms with E-state index in [-0.39, 0.29) is 5.91 Å². The minimum absolute atomic E-state index is 0.250. The zero-order chi connectivity index (χ0) is 13.1. The maximum atomic E-state index is 12.3. The Hall–Kier alpha value is -2.14. The monoisotopic (exact) mass is 262 g/mol. The first kappa shape index (κ1) is 12.3. The van der Waals surface area contributed by atoms with Crippen LogP contribution in [0.4, 0.5) is 11.4 Å². The van der Waals surface area contributed by atoms with Crippen molar-refractivity contribution in [1.29, 1.82) is 0 Å². The van der Waals surface area contributed by atoms with Crippen LogP contribution in [0.15, 0.2) is 36.9 Å². The fourth-order valence-electron chi connectivity index (χ4n) is 1.54. The quantitative estimate of drug-likeness (QED) is 0.898. The number of hydrogen-bond donors (Lipinski definition) is 1. The molecule has 0 atom stereocenters. The van der Waals surface area contributed by atoms with E-state index in [2.05, 4.69) is 9.97 Å². The lowest BCUT2D eigenvalue weighted by Crippen LogP contribution is -2.27. The van der Waals surface area contributed by atoms with Crippen molar-refractivity contribution in [1.82, 2.24) is 9.97 Å². The lowest BCUT2D eigenvalue weighted by atomic mass is 10.2. The van der Waals surface area contributed by atoms with Crippen LogP contribution in [0.1, 0.15) is 10.4 Å². The number of aromatic nitrogens is 2. The molecule has 2 aromatic rings. The Bertz CT molecular complexity index is 588. The van der Waals surface area contributed by atoms with Crippen molar-refractivity contribution in [2.24, 2.45) is 0 Å². The fraction of sp³-hybridized carbons (Fsp3) is 0.0833. The molecule has 0 unspecified atom stereocenters. The zero-order valence-corrected chi connectivity index (χ0v) is 10.4. The van der Waals surface area contributed by atoms with Crippen LogP contribution < -0.4 is 10.6 Å². The molecule has 0 aliphatic heterocycles. The van der Waals surface area contributed by atoms with Crippen molar-refractivity contribution in [3.8, 4) is 0 Å². The normalized spacial score (nSPS) is 10.1. The summed E-state index contributed by atoms with van der Waals surface area (Å²) in [5, 5.41) is 0.307. The first-order chi connectivity index (χ1) is 8.61. The summed E-state index contributed by atoms with van der Waals surface area (Å²) in [7, 11) is 1.63. The summed E-state index contributed by atoms with van der Waals surface area (Å²) in [4.78, 5) is 21.4. The molecule has 18 heavy (non-hydrogen) atoms. The fourth-order valence-corrected chi connectivity index (χ4v) is 1.74. The summed E-state index contributed by atoms with van der Waals surface area (Å²) in [6.07, 6.45) is 6.01. The van der Waals surface area contributed by atoms with Gasteiger partial charge in [-0.1, -0.05) is 11.6 Å². The molecule has 0 saturated carbocycles. The van der Waals surface area contributed by atoms with E-state index in [0.717, 1.165) is 0 Å². The molecule has 0 saturated heterocycles. The first-order valence-corrected chi connectivity index (χ1v) is 5.56. The lowest BCUT2D eigenvalue weighted by Gasteiger charge is -2.19. The van der Waals surface area contributed by atoms with E-state index in [4.69, 9.17) is 17.3 Å². The van der Waals surface area contributed by atoms with Gasteiger partial charge in [0, 0.05) is 25.6 Å². The second kappa shape index (κ2) is 5.01.